The van der Waals surface area contributed by atoms with Crippen LogP contribution in [0.15, 0.2) is 0 Å². The number of hydrogen-bond donors (Lipinski definition) is 1. The molecular weight excluding hydrogens is 264 g/mol. The number of carbonyl (C=O) groups excluding carboxylic acids is 4. The van der Waals surface area contributed by atoms with Gasteiger partial charge in [0.05, 0.1) is 7.11 Å². The summed E-state index contributed by atoms with van der Waals surface area (Å²) in [6.07, 6.45) is 1.13. The summed E-state index contributed by atoms with van der Waals surface area (Å²) in [7, 11) is 1.21. The Morgan fingerprint density at radius 3 is 2.40 bits per heavy atom. The van der Waals surface area contributed by atoms with E-state index in [0.29, 0.717) is 19.3 Å². The van der Waals surface area contributed by atoms with Gasteiger partial charge in [-0.2, -0.15) is 0 Å². The lowest BCUT2D eigenvalue weighted by Gasteiger charge is -2.35. The molecule has 1 saturated carbocycles. The number of amides is 4. The van der Waals surface area contributed by atoms with Crippen molar-refractivity contribution in [1.29, 1.82) is 0 Å². The quantitative estimate of drug-likeness (QED) is 0.596. The molecule has 0 aromatic heterocycles. The fraction of sp³-hybridized carbons (Fsp3) is 0.692. The number of imide groups is 2. The number of hydrogen-bond acceptors (Lipinski definition) is 5. The van der Waals surface area contributed by atoms with Gasteiger partial charge in [0.15, 0.2) is 0 Å². The van der Waals surface area contributed by atoms with Crippen LogP contribution in [0.5, 0.6) is 0 Å². The van der Waals surface area contributed by atoms with Gasteiger partial charge in [-0.3, -0.25) is 14.9 Å². The van der Waals surface area contributed by atoms with Gasteiger partial charge in [-0.05, 0) is 25.2 Å². The highest BCUT2D eigenvalue weighted by atomic mass is 16.5. The Morgan fingerprint density at radius 2 is 1.95 bits per heavy atom. The van der Waals surface area contributed by atoms with Crippen molar-refractivity contribution in [2.75, 3.05) is 7.11 Å². The third kappa shape index (κ3) is 2.17. The molecule has 4 amide bonds. The molecule has 1 aliphatic carbocycles. The van der Waals surface area contributed by atoms with E-state index in [4.69, 9.17) is 0 Å². The molecule has 2 aliphatic rings. The molecule has 1 spiro atoms. The van der Waals surface area contributed by atoms with Crippen molar-refractivity contribution in [1.82, 2.24) is 10.2 Å². The molecule has 1 N–H and O–H groups in total. The molecule has 1 unspecified atom stereocenters. The van der Waals surface area contributed by atoms with E-state index in [9.17, 15) is 19.2 Å². The molecule has 1 saturated heterocycles. The number of nitrogens with one attached hydrogen (secondary N) is 1. The molecule has 2 rings (SSSR count). The Bertz CT molecular complexity index is 481. The highest BCUT2D eigenvalue weighted by Gasteiger charge is 2.63. The minimum Gasteiger partial charge on any atom is -0.467 e. The molecule has 1 aliphatic heterocycles. The van der Waals surface area contributed by atoms with Crippen molar-refractivity contribution in [3.63, 3.8) is 0 Å². The minimum atomic E-state index is -1.14. The molecule has 7 nitrogen and oxygen atoms in total. The van der Waals surface area contributed by atoms with Gasteiger partial charge in [0, 0.05) is 0 Å². The summed E-state index contributed by atoms with van der Waals surface area (Å²) in [5.41, 5.74) is -1.14. The number of rotatable bonds is 4. The van der Waals surface area contributed by atoms with E-state index >= 15 is 0 Å². The zero-order valence-electron chi connectivity index (χ0n) is 11.8. The summed E-state index contributed by atoms with van der Waals surface area (Å²) >= 11 is 0. The average molecular weight is 282 g/mol. The smallest absolute Gasteiger partial charge is 0.331 e. The van der Waals surface area contributed by atoms with E-state index in [1.165, 1.54) is 7.11 Å². The monoisotopic (exact) mass is 282 g/mol. The van der Waals surface area contributed by atoms with Crippen molar-refractivity contribution < 1.29 is 23.9 Å². The molecule has 1 atom stereocenters. The number of methoxy groups -OCH3 is 1. The van der Waals surface area contributed by atoms with Crippen molar-refractivity contribution in [2.45, 2.75) is 39.2 Å². The van der Waals surface area contributed by atoms with Crippen LogP contribution in [0.3, 0.4) is 0 Å². The third-order valence-corrected chi connectivity index (χ3v) is 3.73. The fourth-order valence-corrected chi connectivity index (χ4v) is 2.44. The number of ether oxygens (including phenoxy) is 1. The summed E-state index contributed by atoms with van der Waals surface area (Å²) in [6, 6.07) is -1.83. The largest absolute Gasteiger partial charge is 0.467 e. The van der Waals surface area contributed by atoms with Crippen LogP contribution in [0.1, 0.15) is 33.1 Å². The fourth-order valence-electron chi connectivity index (χ4n) is 2.44. The van der Waals surface area contributed by atoms with Gasteiger partial charge in [-0.1, -0.05) is 13.8 Å². The lowest BCUT2D eigenvalue weighted by atomic mass is 9.97. The van der Waals surface area contributed by atoms with Crippen LogP contribution in [0, 0.1) is 11.3 Å². The lowest BCUT2D eigenvalue weighted by Crippen LogP contribution is -2.63. The zero-order chi connectivity index (χ0) is 15.1. The van der Waals surface area contributed by atoms with Crippen LogP contribution >= 0.6 is 0 Å². The molecule has 0 bridgehead atoms. The molecule has 0 aromatic rings. The predicted molar refractivity (Wildman–Crippen MR) is 67.3 cm³/mol. The highest BCUT2D eigenvalue weighted by molar-refractivity contribution is 6.21. The second-order valence-electron chi connectivity index (χ2n) is 5.69. The third-order valence-electron chi connectivity index (χ3n) is 3.73. The van der Waals surface area contributed by atoms with E-state index in [0.717, 1.165) is 4.90 Å². The molecule has 7 heteroatoms. The molecule has 0 radical (unpaired) electrons. The van der Waals surface area contributed by atoms with Crippen molar-refractivity contribution in [2.24, 2.45) is 11.3 Å². The van der Waals surface area contributed by atoms with E-state index in [1.54, 1.807) is 0 Å². The van der Waals surface area contributed by atoms with Gasteiger partial charge in [0.1, 0.15) is 11.5 Å². The predicted octanol–water partition coefficient (Wildman–Crippen LogP) is 0.433. The van der Waals surface area contributed by atoms with E-state index in [1.807, 2.05) is 13.8 Å². The summed E-state index contributed by atoms with van der Waals surface area (Å²) in [6.45, 7) is 3.75. The van der Waals surface area contributed by atoms with Gasteiger partial charge in [0.25, 0.3) is 0 Å². The maximum Gasteiger partial charge on any atom is 0.331 e. The lowest BCUT2D eigenvalue weighted by molar-refractivity contribution is -0.156. The van der Waals surface area contributed by atoms with Crippen LogP contribution < -0.4 is 5.32 Å². The van der Waals surface area contributed by atoms with Gasteiger partial charge in [-0.15, -0.1) is 0 Å². The van der Waals surface area contributed by atoms with Crippen LogP contribution in [0.4, 0.5) is 4.79 Å². The van der Waals surface area contributed by atoms with Crippen molar-refractivity contribution >= 4 is 23.8 Å². The van der Waals surface area contributed by atoms with Crippen LogP contribution in [-0.4, -0.2) is 41.9 Å². The number of carbonyl (C=O) groups is 4. The number of nitrogens with zero attached hydrogens (tertiary/aromatic N) is 1. The first kappa shape index (κ1) is 14.5. The van der Waals surface area contributed by atoms with Gasteiger partial charge in [0.2, 0.25) is 11.8 Å². The Morgan fingerprint density at radius 1 is 1.35 bits per heavy atom. The normalized spacial score (nSPS) is 22.0. The number of urea groups is 1. The van der Waals surface area contributed by atoms with E-state index in [-0.39, 0.29) is 5.92 Å². The van der Waals surface area contributed by atoms with Crippen molar-refractivity contribution in [3.05, 3.63) is 0 Å². The molecule has 110 valence electrons. The van der Waals surface area contributed by atoms with Crippen LogP contribution in [-0.2, 0) is 19.1 Å². The standard InChI is InChI=1S/C13H18N2O5/c1-7(2)6-8(9(16)20-3)15-11(18)13(4-5-13)10(17)14-12(15)19/h7-8H,4-6H2,1-3H3,(H,14,17,19). The minimum absolute atomic E-state index is 0.0903. The molecule has 2 fully saturated rings. The maximum absolute atomic E-state index is 12.4. The molecule has 0 aromatic carbocycles. The Balaban J connectivity index is 2.31. The van der Waals surface area contributed by atoms with E-state index < -0.39 is 35.3 Å². The second kappa shape index (κ2) is 4.88. The molecule has 1 heterocycles. The van der Waals surface area contributed by atoms with Gasteiger partial charge < -0.3 is 4.74 Å². The Hall–Kier alpha value is -1.92. The first-order valence-corrected chi connectivity index (χ1v) is 6.60. The maximum atomic E-state index is 12.4. The highest BCUT2D eigenvalue weighted by Crippen LogP contribution is 2.49. The summed E-state index contributed by atoms with van der Waals surface area (Å²) in [4.78, 5) is 48.8. The molecule has 20 heavy (non-hydrogen) atoms. The van der Waals surface area contributed by atoms with Crippen LogP contribution in [0.2, 0.25) is 0 Å². The molecular formula is C13H18N2O5. The first-order valence-electron chi connectivity index (χ1n) is 6.60. The van der Waals surface area contributed by atoms with Crippen LogP contribution in [0.25, 0.3) is 0 Å². The summed E-state index contributed by atoms with van der Waals surface area (Å²) < 4.78 is 4.68. The van der Waals surface area contributed by atoms with Gasteiger partial charge in [-0.25, -0.2) is 14.5 Å². The zero-order valence-corrected chi connectivity index (χ0v) is 11.8. The number of esters is 1. The Kier molecular flexibility index (Phi) is 3.54. The van der Waals surface area contributed by atoms with E-state index in [2.05, 4.69) is 10.1 Å². The summed E-state index contributed by atoms with van der Waals surface area (Å²) in [5.74, 6) is -1.70. The average Bonchev–Trinajstić information content (AvgIpc) is 3.16. The second-order valence-corrected chi connectivity index (χ2v) is 5.69. The number of barbiturate groups is 1. The first-order chi connectivity index (χ1) is 9.33. The topological polar surface area (TPSA) is 92.8 Å². The van der Waals surface area contributed by atoms with Crippen molar-refractivity contribution in [3.8, 4) is 0 Å². The Labute approximate surface area is 116 Å². The SMILES string of the molecule is COC(=O)C(CC(C)C)N1C(=O)NC(=O)C2(CC2)C1=O. The summed E-state index contributed by atoms with van der Waals surface area (Å²) in [5, 5.41) is 2.16. The van der Waals surface area contributed by atoms with Gasteiger partial charge >= 0.3 is 12.0 Å².